The first-order valence-electron chi connectivity index (χ1n) is 17.7. The number of cyclic esters (lactones) is 1. The van der Waals surface area contributed by atoms with Crippen molar-refractivity contribution in [3.8, 4) is 5.75 Å². The molecule has 2 fully saturated rings. The number of methoxy groups -OCH3 is 1. The molecule has 278 valence electrons. The summed E-state index contributed by atoms with van der Waals surface area (Å²) in [6.07, 6.45) is -0.474. The van der Waals surface area contributed by atoms with Gasteiger partial charge in [0.05, 0.1) is 31.0 Å². The summed E-state index contributed by atoms with van der Waals surface area (Å²) in [4.78, 5) is 62.1. The van der Waals surface area contributed by atoms with Gasteiger partial charge in [-0.15, -0.1) is 0 Å². The summed E-state index contributed by atoms with van der Waals surface area (Å²) < 4.78 is 28.9. The number of aliphatic hydroxyl groups is 1. The molecule has 6 atom stereocenters. The van der Waals surface area contributed by atoms with E-state index in [1.165, 1.54) is 13.2 Å². The summed E-state index contributed by atoms with van der Waals surface area (Å²) >= 11 is 0. The first-order chi connectivity index (χ1) is 26.4. The summed E-state index contributed by atoms with van der Waals surface area (Å²) in [5, 5.41) is 9.83. The number of esters is 2. The number of imide groups is 1. The SMILES string of the molecule is C=CCOC(=O)[C@@H]1[C@H]2C(=O)O[C@H](c3ccccc3)[C@H](c3ccccc3)N2[C@H](c2ccccc2OCCO)[C@@]12C(=O)N(C(=O)OCCOC)c1ccccc12. The van der Waals surface area contributed by atoms with Crippen molar-refractivity contribution >= 4 is 29.6 Å². The second kappa shape index (κ2) is 15.7. The van der Waals surface area contributed by atoms with Gasteiger partial charge in [-0.25, -0.2) is 9.69 Å². The highest BCUT2D eigenvalue weighted by molar-refractivity contribution is 6.23. The van der Waals surface area contributed by atoms with Gasteiger partial charge in [-0.1, -0.05) is 110 Å². The maximum Gasteiger partial charge on any atom is 0.421 e. The zero-order valence-corrected chi connectivity index (χ0v) is 29.6. The van der Waals surface area contributed by atoms with Crippen molar-refractivity contribution in [1.82, 2.24) is 4.90 Å². The van der Waals surface area contributed by atoms with Crippen LogP contribution in [0.1, 0.15) is 40.4 Å². The van der Waals surface area contributed by atoms with Crippen LogP contribution >= 0.6 is 0 Å². The average molecular weight is 733 g/mol. The van der Waals surface area contributed by atoms with Crippen molar-refractivity contribution in [3.05, 3.63) is 144 Å². The third-order valence-corrected chi connectivity index (χ3v) is 10.2. The van der Waals surface area contributed by atoms with Gasteiger partial charge < -0.3 is 28.8 Å². The molecule has 12 heteroatoms. The molecule has 3 aliphatic heterocycles. The summed E-state index contributed by atoms with van der Waals surface area (Å²) in [5.41, 5.74) is 0.383. The number of fused-ring (bicyclic) bond motifs is 3. The third-order valence-electron chi connectivity index (χ3n) is 10.2. The molecule has 2 saturated heterocycles. The van der Waals surface area contributed by atoms with E-state index in [1.807, 2.05) is 65.6 Å². The molecule has 12 nitrogen and oxygen atoms in total. The van der Waals surface area contributed by atoms with Crippen molar-refractivity contribution < 1.29 is 48.0 Å². The second-order valence-electron chi connectivity index (χ2n) is 13.1. The van der Waals surface area contributed by atoms with Crippen molar-refractivity contribution in [1.29, 1.82) is 0 Å². The van der Waals surface area contributed by atoms with E-state index in [2.05, 4.69) is 6.58 Å². The van der Waals surface area contributed by atoms with Gasteiger partial charge in [0.25, 0.3) is 0 Å². The molecule has 4 aromatic rings. The van der Waals surface area contributed by atoms with Gasteiger partial charge in [-0.05, 0) is 28.8 Å². The normalized spacial score (nSPS) is 24.4. The van der Waals surface area contributed by atoms with Crippen LogP contribution in [0, 0.1) is 5.92 Å². The Labute approximate surface area is 312 Å². The third kappa shape index (κ3) is 6.02. The maximum absolute atomic E-state index is 15.7. The highest BCUT2D eigenvalue weighted by Gasteiger charge is 2.76. The van der Waals surface area contributed by atoms with E-state index in [0.717, 1.165) is 10.5 Å². The Hall–Kier alpha value is -5.82. The molecule has 1 spiro atoms. The molecular weight excluding hydrogens is 692 g/mol. The lowest BCUT2D eigenvalue weighted by Crippen LogP contribution is -2.53. The number of ether oxygens (including phenoxy) is 5. The number of benzene rings is 4. The van der Waals surface area contributed by atoms with Crippen LogP contribution < -0.4 is 9.64 Å². The topological polar surface area (TPSA) is 141 Å². The molecule has 54 heavy (non-hydrogen) atoms. The molecule has 0 bridgehead atoms. The smallest absolute Gasteiger partial charge is 0.421 e. The molecule has 4 aromatic carbocycles. The molecule has 0 radical (unpaired) electrons. The minimum atomic E-state index is -1.99. The van der Waals surface area contributed by atoms with Gasteiger partial charge in [0.15, 0.2) is 0 Å². The molecule has 3 heterocycles. The van der Waals surface area contributed by atoms with E-state index < -0.39 is 59.5 Å². The second-order valence-corrected chi connectivity index (χ2v) is 13.1. The predicted octanol–water partition coefficient (Wildman–Crippen LogP) is 5.24. The Morgan fingerprint density at radius 1 is 0.833 bits per heavy atom. The Morgan fingerprint density at radius 3 is 2.20 bits per heavy atom. The van der Waals surface area contributed by atoms with E-state index in [0.29, 0.717) is 22.4 Å². The van der Waals surface area contributed by atoms with Crippen molar-refractivity contribution in [3.63, 3.8) is 0 Å². The first-order valence-corrected chi connectivity index (χ1v) is 17.7. The van der Waals surface area contributed by atoms with Crippen molar-refractivity contribution in [2.75, 3.05) is 45.0 Å². The largest absolute Gasteiger partial charge is 0.491 e. The number of rotatable bonds is 12. The number of carbonyl (C=O) groups excluding carboxylic acids is 4. The van der Waals surface area contributed by atoms with Gasteiger partial charge in [0.2, 0.25) is 5.91 Å². The lowest BCUT2D eigenvalue weighted by atomic mass is 9.65. The van der Waals surface area contributed by atoms with Crippen LogP contribution in [0.3, 0.4) is 0 Å². The van der Waals surface area contributed by atoms with Crippen LogP contribution in [0.15, 0.2) is 122 Å². The number of aliphatic hydroxyl groups excluding tert-OH is 1. The summed E-state index contributed by atoms with van der Waals surface area (Å²) in [6.45, 7) is 3.05. The van der Waals surface area contributed by atoms with Crippen molar-refractivity contribution in [2.24, 2.45) is 5.92 Å². The molecule has 7 rings (SSSR count). The molecule has 0 saturated carbocycles. The molecule has 1 N–H and O–H groups in total. The van der Waals surface area contributed by atoms with Gasteiger partial charge in [-0.3, -0.25) is 19.3 Å². The molecule has 3 aliphatic rings. The Morgan fingerprint density at radius 2 is 1.50 bits per heavy atom. The fourth-order valence-corrected chi connectivity index (χ4v) is 8.28. The Kier molecular flexibility index (Phi) is 10.6. The summed E-state index contributed by atoms with van der Waals surface area (Å²) in [5.74, 6) is -3.64. The van der Waals surface area contributed by atoms with Crippen LogP contribution in [0.25, 0.3) is 0 Å². The standard InChI is InChI=1S/C42H40N2O10/c1-3-23-52-38(46)33-35-39(47)54-36(28-16-8-5-9-17-28)34(27-14-6-4-7-15-27)44(35)37(29-18-10-13-21-32(29)51-24-22-45)42(33)30-19-11-12-20-31(30)43(40(42)48)41(49)53-26-25-50-2/h3-21,33-37,45H,1,22-26H2,2H3/t33-,34-,35-,36+,37+,42-/m0/s1. The monoisotopic (exact) mass is 732 g/mol. The van der Waals surface area contributed by atoms with Gasteiger partial charge in [0, 0.05) is 12.7 Å². The highest BCUT2D eigenvalue weighted by atomic mass is 16.6. The number of morpholine rings is 1. The van der Waals surface area contributed by atoms with Crippen LogP contribution in [-0.4, -0.2) is 80.1 Å². The van der Waals surface area contributed by atoms with E-state index in [1.54, 1.807) is 48.5 Å². The molecule has 2 amide bonds. The van der Waals surface area contributed by atoms with Crippen LogP contribution in [0.2, 0.25) is 0 Å². The molecule has 0 aliphatic carbocycles. The van der Waals surface area contributed by atoms with Gasteiger partial charge in [0.1, 0.15) is 49.0 Å². The summed E-state index contributed by atoms with van der Waals surface area (Å²) in [7, 11) is 1.46. The van der Waals surface area contributed by atoms with Crippen LogP contribution in [0.5, 0.6) is 5.75 Å². The molecule has 0 unspecified atom stereocenters. The minimum absolute atomic E-state index is 0.0791. The number of nitrogens with zero attached hydrogens (tertiary/aromatic N) is 2. The number of amides is 2. The Balaban J connectivity index is 1.57. The number of hydrogen-bond acceptors (Lipinski definition) is 11. The number of anilines is 1. The van der Waals surface area contributed by atoms with Gasteiger partial charge in [-0.2, -0.15) is 0 Å². The zero-order valence-electron chi connectivity index (χ0n) is 29.6. The summed E-state index contributed by atoms with van der Waals surface area (Å²) in [6, 6.07) is 29.0. The predicted molar refractivity (Wildman–Crippen MR) is 195 cm³/mol. The number of carbonyl (C=O) groups is 4. The van der Waals surface area contributed by atoms with E-state index in [9.17, 15) is 19.5 Å². The molecule has 0 aromatic heterocycles. The van der Waals surface area contributed by atoms with Crippen LogP contribution in [-0.2, 0) is 38.7 Å². The Bertz CT molecular complexity index is 2020. The van der Waals surface area contributed by atoms with Crippen molar-refractivity contribution in [2.45, 2.75) is 29.6 Å². The lowest BCUT2D eigenvalue weighted by Gasteiger charge is -2.46. The number of hydrogen-bond donors (Lipinski definition) is 1. The number of para-hydroxylation sites is 2. The average Bonchev–Trinajstić information content (AvgIpc) is 3.66. The van der Waals surface area contributed by atoms with E-state index >= 15 is 4.79 Å². The minimum Gasteiger partial charge on any atom is -0.491 e. The van der Waals surface area contributed by atoms with E-state index in [4.69, 9.17) is 23.7 Å². The molecular formula is C42H40N2O10. The zero-order chi connectivity index (χ0) is 37.8. The van der Waals surface area contributed by atoms with Gasteiger partial charge >= 0.3 is 18.0 Å². The van der Waals surface area contributed by atoms with E-state index in [-0.39, 0.29) is 38.7 Å². The fraction of sp³-hybridized carbons (Fsp3) is 0.286. The van der Waals surface area contributed by atoms with Crippen LogP contribution in [0.4, 0.5) is 10.5 Å². The highest BCUT2D eigenvalue weighted by Crippen LogP contribution is 2.66. The quantitative estimate of drug-likeness (QED) is 0.0886. The first kappa shape index (κ1) is 36.5. The lowest BCUT2D eigenvalue weighted by molar-refractivity contribution is -0.180. The fourth-order valence-electron chi connectivity index (χ4n) is 8.28. The maximum atomic E-state index is 15.7.